The first-order valence-corrected chi connectivity index (χ1v) is 5.29. The Bertz CT molecular complexity index is 794. The number of carbonyl (C=O) groups is 1. The second-order valence-electron chi connectivity index (χ2n) is 3.88. The van der Waals surface area contributed by atoms with Gasteiger partial charge in [0, 0.05) is 22.7 Å². The van der Waals surface area contributed by atoms with Gasteiger partial charge in [0.1, 0.15) is 0 Å². The van der Waals surface area contributed by atoms with Crippen molar-refractivity contribution in [3.63, 3.8) is 0 Å². The fraction of sp³-hybridized carbons (Fsp3) is 0. The van der Waals surface area contributed by atoms with Gasteiger partial charge in [-0.25, -0.2) is 4.79 Å². The number of aromatic amines is 3. The van der Waals surface area contributed by atoms with Crippen LogP contribution in [0.1, 0.15) is 10.4 Å². The Morgan fingerprint density at radius 1 is 1.17 bits per heavy atom. The predicted molar refractivity (Wildman–Crippen MR) is 65.7 cm³/mol. The highest BCUT2D eigenvalue weighted by Gasteiger charge is 2.20. The number of nitrogens with one attached hydrogen (secondary N) is 3. The highest BCUT2D eigenvalue weighted by molar-refractivity contribution is 6.01. The van der Waals surface area contributed by atoms with Crippen molar-refractivity contribution in [3.05, 3.63) is 46.4 Å². The number of aromatic nitrogens is 3. The number of aromatic carboxylic acids is 1. The van der Waals surface area contributed by atoms with Crippen molar-refractivity contribution < 1.29 is 9.90 Å². The van der Waals surface area contributed by atoms with Crippen molar-refractivity contribution in [1.82, 2.24) is 15.2 Å². The summed E-state index contributed by atoms with van der Waals surface area (Å²) in [5.41, 5.74) is 0.903. The molecule has 0 aliphatic rings. The number of fused-ring (bicyclic) bond motifs is 1. The lowest BCUT2D eigenvalue weighted by Crippen LogP contribution is -2.12. The molecule has 90 valence electrons. The van der Waals surface area contributed by atoms with Crippen molar-refractivity contribution in [2.75, 3.05) is 0 Å². The van der Waals surface area contributed by atoms with Crippen LogP contribution in [0, 0.1) is 0 Å². The number of para-hydroxylation sites is 1. The van der Waals surface area contributed by atoms with Crippen LogP contribution in [0.4, 0.5) is 0 Å². The molecule has 0 spiro atoms. The molecule has 0 saturated heterocycles. The molecule has 0 fully saturated rings. The third-order valence-electron chi connectivity index (χ3n) is 2.85. The van der Waals surface area contributed by atoms with Gasteiger partial charge in [-0.1, -0.05) is 18.2 Å². The maximum Gasteiger partial charge on any atom is 0.343 e. The summed E-state index contributed by atoms with van der Waals surface area (Å²) in [6.45, 7) is 0. The van der Waals surface area contributed by atoms with Crippen LogP contribution in [-0.2, 0) is 0 Å². The first-order chi connectivity index (χ1) is 8.68. The van der Waals surface area contributed by atoms with Gasteiger partial charge >= 0.3 is 5.97 Å². The van der Waals surface area contributed by atoms with E-state index in [0.29, 0.717) is 5.56 Å². The van der Waals surface area contributed by atoms with Crippen LogP contribution in [0.2, 0.25) is 0 Å². The van der Waals surface area contributed by atoms with Gasteiger partial charge in [0.2, 0.25) is 0 Å². The Kier molecular flexibility index (Phi) is 2.09. The number of rotatable bonds is 2. The molecule has 6 heteroatoms. The summed E-state index contributed by atoms with van der Waals surface area (Å²) < 4.78 is 0. The Morgan fingerprint density at radius 2 is 1.94 bits per heavy atom. The topological polar surface area (TPSA) is 102 Å². The van der Waals surface area contributed by atoms with Crippen LogP contribution in [0.25, 0.3) is 22.2 Å². The van der Waals surface area contributed by atoms with E-state index in [1.54, 1.807) is 6.20 Å². The van der Waals surface area contributed by atoms with E-state index in [1.807, 2.05) is 24.3 Å². The lowest BCUT2D eigenvalue weighted by Gasteiger charge is -1.97. The third kappa shape index (κ3) is 1.36. The van der Waals surface area contributed by atoms with E-state index >= 15 is 0 Å². The summed E-state index contributed by atoms with van der Waals surface area (Å²) in [6, 6.07) is 7.47. The highest BCUT2D eigenvalue weighted by atomic mass is 16.4. The van der Waals surface area contributed by atoms with Crippen LogP contribution in [0.5, 0.6) is 0 Å². The normalized spacial score (nSPS) is 10.9. The lowest BCUT2D eigenvalue weighted by molar-refractivity contribution is 0.0696. The van der Waals surface area contributed by atoms with Gasteiger partial charge < -0.3 is 10.1 Å². The summed E-state index contributed by atoms with van der Waals surface area (Å²) in [6.07, 6.45) is 1.68. The molecule has 0 unspecified atom stereocenters. The van der Waals surface area contributed by atoms with E-state index in [9.17, 15) is 9.59 Å². The van der Waals surface area contributed by atoms with Crippen molar-refractivity contribution in [1.29, 1.82) is 0 Å². The molecule has 3 aromatic rings. The molecule has 0 bridgehead atoms. The number of hydrogen-bond donors (Lipinski definition) is 4. The molecule has 0 aliphatic heterocycles. The minimum Gasteiger partial charge on any atom is -0.477 e. The van der Waals surface area contributed by atoms with Gasteiger partial charge in [-0.15, -0.1) is 0 Å². The molecular formula is C12H9N3O3. The van der Waals surface area contributed by atoms with Gasteiger partial charge in [-0.2, -0.15) is 0 Å². The monoisotopic (exact) mass is 243 g/mol. The maximum atomic E-state index is 11.4. The number of hydrogen-bond acceptors (Lipinski definition) is 2. The quantitative estimate of drug-likeness (QED) is 0.549. The van der Waals surface area contributed by atoms with Crippen LogP contribution >= 0.6 is 0 Å². The van der Waals surface area contributed by atoms with E-state index in [0.717, 1.165) is 10.9 Å². The summed E-state index contributed by atoms with van der Waals surface area (Å²) in [5, 5.41) is 14.8. The van der Waals surface area contributed by atoms with Gasteiger partial charge in [-0.3, -0.25) is 15.0 Å². The Hall–Kier alpha value is -2.76. The van der Waals surface area contributed by atoms with Gasteiger partial charge in [0.15, 0.2) is 5.56 Å². The highest BCUT2D eigenvalue weighted by Crippen LogP contribution is 2.28. The van der Waals surface area contributed by atoms with Gasteiger partial charge in [0.05, 0.1) is 5.69 Å². The average molecular weight is 243 g/mol. The molecule has 0 atom stereocenters. The smallest absolute Gasteiger partial charge is 0.343 e. The van der Waals surface area contributed by atoms with E-state index in [4.69, 9.17) is 5.11 Å². The number of carboxylic acids is 1. The summed E-state index contributed by atoms with van der Waals surface area (Å²) >= 11 is 0. The number of benzene rings is 1. The van der Waals surface area contributed by atoms with Crippen LogP contribution in [-0.4, -0.2) is 26.3 Å². The first-order valence-electron chi connectivity index (χ1n) is 5.29. The molecule has 1 aromatic carbocycles. The Balaban J connectivity index is 2.33. The third-order valence-corrected chi connectivity index (χ3v) is 2.85. The summed E-state index contributed by atoms with van der Waals surface area (Å²) in [7, 11) is 0. The second-order valence-corrected chi connectivity index (χ2v) is 3.88. The Morgan fingerprint density at radius 3 is 2.72 bits per heavy atom. The second kappa shape index (κ2) is 3.63. The molecule has 4 N–H and O–H groups in total. The molecular weight excluding hydrogens is 234 g/mol. The fourth-order valence-electron chi connectivity index (χ4n) is 2.04. The minimum absolute atomic E-state index is 0.278. The minimum atomic E-state index is -1.25. The standard InChI is InChI=1S/C12H9N3O3/c16-11-9(12(17)18)10(14-15-11)7-5-13-8-4-2-1-3-6(7)8/h1-5,13H,(H,17,18)(H2,14,15,16). The number of carboxylic acid groups (broad SMARTS) is 1. The maximum absolute atomic E-state index is 11.4. The molecule has 3 rings (SSSR count). The SMILES string of the molecule is O=C(O)c1c(-c2c[nH]c3ccccc23)[nH][nH]c1=O. The molecule has 2 aromatic heterocycles. The zero-order valence-electron chi connectivity index (χ0n) is 9.15. The van der Waals surface area contributed by atoms with Crippen molar-refractivity contribution in [2.24, 2.45) is 0 Å². The molecule has 18 heavy (non-hydrogen) atoms. The van der Waals surface area contributed by atoms with E-state index < -0.39 is 11.5 Å². The first kappa shape index (κ1) is 10.4. The molecule has 0 aliphatic carbocycles. The Labute approximate surface area is 100 Å². The van der Waals surface area contributed by atoms with Crippen LogP contribution in [0.15, 0.2) is 35.3 Å². The molecule has 0 radical (unpaired) electrons. The number of H-pyrrole nitrogens is 3. The van der Waals surface area contributed by atoms with Crippen LogP contribution in [0.3, 0.4) is 0 Å². The zero-order chi connectivity index (χ0) is 12.7. The molecule has 6 nitrogen and oxygen atoms in total. The molecule has 0 saturated carbocycles. The summed E-state index contributed by atoms with van der Waals surface area (Å²) in [4.78, 5) is 25.6. The van der Waals surface area contributed by atoms with Gasteiger partial charge in [0.25, 0.3) is 5.56 Å². The van der Waals surface area contributed by atoms with Crippen molar-refractivity contribution >= 4 is 16.9 Å². The lowest BCUT2D eigenvalue weighted by atomic mass is 10.1. The van der Waals surface area contributed by atoms with Gasteiger partial charge in [-0.05, 0) is 6.07 Å². The molecule has 2 heterocycles. The van der Waals surface area contributed by atoms with Crippen molar-refractivity contribution in [2.45, 2.75) is 0 Å². The largest absolute Gasteiger partial charge is 0.477 e. The zero-order valence-corrected chi connectivity index (χ0v) is 9.15. The average Bonchev–Trinajstić information content (AvgIpc) is 2.92. The fourth-order valence-corrected chi connectivity index (χ4v) is 2.04. The summed E-state index contributed by atoms with van der Waals surface area (Å²) in [5.74, 6) is -1.25. The molecule has 0 amide bonds. The van der Waals surface area contributed by atoms with E-state index in [2.05, 4.69) is 15.2 Å². The van der Waals surface area contributed by atoms with Crippen LogP contribution < -0.4 is 5.56 Å². The predicted octanol–water partition coefficient (Wildman–Crippen LogP) is 1.55. The van der Waals surface area contributed by atoms with Crippen molar-refractivity contribution in [3.8, 4) is 11.3 Å². The van der Waals surface area contributed by atoms with E-state index in [-0.39, 0.29) is 11.3 Å². The van der Waals surface area contributed by atoms with E-state index in [1.165, 1.54) is 0 Å².